The summed E-state index contributed by atoms with van der Waals surface area (Å²) < 4.78 is 25.9. The number of nitrogens with one attached hydrogen (secondary N) is 1. The minimum Gasteiger partial charge on any atom is -0.327 e. The predicted molar refractivity (Wildman–Crippen MR) is 82.9 cm³/mol. The molecule has 3 atom stereocenters. The second kappa shape index (κ2) is 6.89. The standard InChI is InChI=1S/C15H19F2N3O.ClH/c16-12-3-2-10(5-13(12)17)19-15(21)8-20-6-9-1-4-14(18)11(9)7-20;/h2-3,5,9,11,14H,1,4,6-8,18H2,(H,19,21);1H. The third kappa shape index (κ3) is 3.56. The van der Waals surface area contributed by atoms with Crippen LogP contribution >= 0.6 is 12.4 Å². The first kappa shape index (κ1) is 17.1. The van der Waals surface area contributed by atoms with E-state index in [2.05, 4.69) is 10.2 Å². The molecule has 1 saturated carbocycles. The van der Waals surface area contributed by atoms with Crippen molar-refractivity contribution in [3.63, 3.8) is 0 Å². The maximum atomic E-state index is 13.1. The Hall–Kier alpha value is -1.24. The third-order valence-corrected chi connectivity index (χ3v) is 4.56. The van der Waals surface area contributed by atoms with Gasteiger partial charge in [0.1, 0.15) is 0 Å². The monoisotopic (exact) mass is 331 g/mol. The number of fused-ring (bicyclic) bond motifs is 1. The van der Waals surface area contributed by atoms with Crippen LogP contribution in [0.1, 0.15) is 12.8 Å². The summed E-state index contributed by atoms with van der Waals surface area (Å²) in [6.07, 6.45) is 2.21. The van der Waals surface area contributed by atoms with E-state index in [0.29, 0.717) is 11.8 Å². The van der Waals surface area contributed by atoms with E-state index < -0.39 is 11.6 Å². The van der Waals surface area contributed by atoms with Gasteiger partial charge in [-0.05, 0) is 36.8 Å². The van der Waals surface area contributed by atoms with Gasteiger partial charge in [-0.3, -0.25) is 9.69 Å². The molecule has 1 aliphatic carbocycles. The maximum absolute atomic E-state index is 13.1. The summed E-state index contributed by atoms with van der Waals surface area (Å²) in [5, 5.41) is 2.60. The Morgan fingerprint density at radius 1 is 1.27 bits per heavy atom. The van der Waals surface area contributed by atoms with E-state index in [-0.39, 0.29) is 36.6 Å². The molecule has 122 valence electrons. The van der Waals surface area contributed by atoms with Crippen molar-refractivity contribution in [3.8, 4) is 0 Å². The molecule has 0 bridgehead atoms. The summed E-state index contributed by atoms with van der Waals surface area (Å²) in [4.78, 5) is 14.1. The Bertz CT molecular complexity index is 558. The Morgan fingerprint density at radius 2 is 2.05 bits per heavy atom. The molecule has 1 saturated heterocycles. The molecule has 1 aromatic rings. The van der Waals surface area contributed by atoms with Crippen LogP contribution in [-0.2, 0) is 4.79 Å². The number of nitrogens with zero attached hydrogens (tertiary/aromatic N) is 1. The highest BCUT2D eigenvalue weighted by molar-refractivity contribution is 5.92. The van der Waals surface area contributed by atoms with Crippen molar-refractivity contribution >= 4 is 24.0 Å². The van der Waals surface area contributed by atoms with Crippen LogP contribution in [0.4, 0.5) is 14.5 Å². The number of carbonyl (C=O) groups excluding carboxylic acids is 1. The van der Waals surface area contributed by atoms with Crippen molar-refractivity contribution in [3.05, 3.63) is 29.8 Å². The lowest BCUT2D eigenvalue weighted by atomic mass is 9.98. The van der Waals surface area contributed by atoms with Gasteiger partial charge in [0.15, 0.2) is 11.6 Å². The summed E-state index contributed by atoms with van der Waals surface area (Å²) in [5.41, 5.74) is 6.34. The quantitative estimate of drug-likeness (QED) is 0.890. The van der Waals surface area contributed by atoms with E-state index in [9.17, 15) is 13.6 Å². The van der Waals surface area contributed by atoms with Crippen LogP contribution in [0.25, 0.3) is 0 Å². The molecule has 22 heavy (non-hydrogen) atoms. The number of likely N-dealkylation sites (tertiary alicyclic amines) is 1. The SMILES string of the molecule is Cl.NC1CCC2CN(CC(=O)Nc3ccc(F)c(F)c3)CC12. The van der Waals surface area contributed by atoms with E-state index >= 15 is 0 Å². The number of carbonyl (C=O) groups is 1. The fourth-order valence-corrected chi connectivity index (χ4v) is 3.51. The first-order valence-corrected chi connectivity index (χ1v) is 7.26. The zero-order valence-electron chi connectivity index (χ0n) is 12.1. The van der Waals surface area contributed by atoms with Crippen LogP contribution in [0.3, 0.4) is 0 Å². The van der Waals surface area contributed by atoms with Crippen LogP contribution < -0.4 is 11.1 Å². The van der Waals surface area contributed by atoms with Gasteiger partial charge in [0.05, 0.1) is 6.54 Å². The van der Waals surface area contributed by atoms with Crippen LogP contribution in [-0.4, -0.2) is 36.5 Å². The van der Waals surface area contributed by atoms with Crippen molar-refractivity contribution in [2.75, 3.05) is 25.0 Å². The number of nitrogens with two attached hydrogens (primary N) is 1. The van der Waals surface area contributed by atoms with Gasteiger partial charge in [0.25, 0.3) is 0 Å². The van der Waals surface area contributed by atoms with Gasteiger partial charge >= 0.3 is 0 Å². The smallest absolute Gasteiger partial charge is 0.238 e. The van der Waals surface area contributed by atoms with Gasteiger partial charge in [-0.25, -0.2) is 8.78 Å². The van der Waals surface area contributed by atoms with Crippen molar-refractivity contribution in [1.82, 2.24) is 4.90 Å². The van der Waals surface area contributed by atoms with Gasteiger partial charge in [0.2, 0.25) is 5.91 Å². The molecule has 0 spiro atoms. The van der Waals surface area contributed by atoms with Gasteiger partial charge in [0, 0.05) is 30.9 Å². The highest BCUT2D eigenvalue weighted by atomic mass is 35.5. The second-order valence-corrected chi connectivity index (χ2v) is 6.04. The Balaban J connectivity index is 0.00000176. The number of hydrogen-bond acceptors (Lipinski definition) is 3. The molecule has 1 aliphatic heterocycles. The molecule has 2 aliphatic rings. The van der Waals surface area contributed by atoms with E-state index in [1.165, 1.54) is 6.07 Å². The lowest BCUT2D eigenvalue weighted by Gasteiger charge is -2.17. The van der Waals surface area contributed by atoms with Gasteiger partial charge < -0.3 is 11.1 Å². The fraction of sp³-hybridized carbons (Fsp3) is 0.533. The minimum absolute atomic E-state index is 0. The molecule has 1 aromatic carbocycles. The Labute approximate surface area is 134 Å². The van der Waals surface area contributed by atoms with Gasteiger partial charge in [-0.15, -0.1) is 12.4 Å². The molecule has 7 heteroatoms. The van der Waals surface area contributed by atoms with Gasteiger partial charge in [-0.1, -0.05) is 0 Å². The van der Waals surface area contributed by atoms with Crippen molar-refractivity contribution in [2.45, 2.75) is 18.9 Å². The average molecular weight is 332 g/mol. The van der Waals surface area contributed by atoms with E-state index in [1.807, 2.05) is 0 Å². The molecule has 3 rings (SSSR count). The third-order valence-electron chi connectivity index (χ3n) is 4.56. The summed E-state index contributed by atoms with van der Waals surface area (Å²) in [6.45, 7) is 2.00. The van der Waals surface area contributed by atoms with E-state index in [0.717, 1.165) is 38.1 Å². The number of benzene rings is 1. The molecule has 4 nitrogen and oxygen atoms in total. The number of amides is 1. The predicted octanol–water partition coefficient (Wildman–Crippen LogP) is 1.99. The molecule has 1 heterocycles. The molecular weight excluding hydrogens is 312 g/mol. The van der Waals surface area contributed by atoms with Crippen LogP contribution in [0.2, 0.25) is 0 Å². The normalized spacial score (nSPS) is 27.3. The van der Waals surface area contributed by atoms with Crippen molar-refractivity contribution < 1.29 is 13.6 Å². The summed E-state index contributed by atoms with van der Waals surface area (Å²) in [6, 6.07) is 3.59. The van der Waals surface area contributed by atoms with Crippen LogP contribution in [0.15, 0.2) is 18.2 Å². The topological polar surface area (TPSA) is 58.4 Å². The average Bonchev–Trinajstić information content (AvgIpc) is 2.96. The maximum Gasteiger partial charge on any atom is 0.238 e. The Morgan fingerprint density at radius 3 is 2.73 bits per heavy atom. The van der Waals surface area contributed by atoms with E-state index in [4.69, 9.17) is 5.73 Å². The zero-order valence-corrected chi connectivity index (χ0v) is 12.9. The minimum atomic E-state index is -0.963. The molecule has 2 fully saturated rings. The summed E-state index contributed by atoms with van der Waals surface area (Å²) in [5.74, 6) is -1.02. The molecule has 1 amide bonds. The summed E-state index contributed by atoms with van der Waals surface area (Å²) >= 11 is 0. The fourth-order valence-electron chi connectivity index (χ4n) is 3.51. The zero-order chi connectivity index (χ0) is 15.0. The van der Waals surface area contributed by atoms with Crippen molar-refractivity contribution in [1.29, 1.82) is 0 Å². The number of anilines is 1. The van der Waals surface area contributed by atoms with E-state index in [1.54, 1.807) is 0 Å². The number of hydrogen-bond donors (Lipinski definition) is 2. The first-order chi connectivity index (χ1) is 10.0. The van der Waals surface area contributed by atoms with Crippen LogP contribution in [0.5, 0.6) is 0 Å². The number of rotatable bonds is 3. The number of halogens is 3. The molecule has 0 radical (unpaired) electrons. The highest BCUT2D eigenvalue weighted by Gasteiger charge is 2.41. The molecule has 3 N–H and O–H groups in total. The lowest BCUT2D eigenvalue weighted by Crippen LogP contribution is -2.34. The molecule has 3 unspecified atom stereocenters. The van der Waals surface area contributed by atoms with Crippen LogP contribution in [0, 0.1) is 23.5 Å². The second-order valence-electron chi connectivity index (χ2n) is 6.04. The molecule has 0 aromatic heterocycles. The Kier molecular flexibility index (Phi) is 5.36. The van der Waals surface area contributed by atoms with Gasteiger partial charge in [-0.2, -0.15) is 0 Å². The largest absolute Gasteiger partial charge is 0.327 e. The summed E-state index contributed by atoms with van der Waals surface area (Å²) in [7, 11) is 0. The first-order valence-electron chi connectivity index (χ1n) is 7.26. The molecular formula is C15H20ClF2N3O. The van der Waals surface area contributed by atoms with Crippen molar-refractivity contribution in [2.24, 2.45) is 17.6 Å². The highest BCUT2D eigenvalue weighted by Crippen LogP contribution is 2.36. The lowest BCUT2D eigenvalue weighted by molar-refractivity contribution is -0.117.